The smallest absolute Gasteiger partial charge is 0.223 e. The minimum Gasteiger partial charge on any atom is -0.383 e. The number of nitrogen functional groups attached to an aromatic ring is 2. The molecular formula is C9H18N6O2S. The number of rotatable bonds is 5. The van der Waals surface area contributed by atoms with Gasteiger partial charge in [0, 0.05) is 18.2 Å². The molecule has 0 aliphatic heterocycles. The normalized spacial score (nSPS) is 12.4. The van der Waals surface area contributed by atoms with Crippen LogP contribution >= 0.6 is 0 Å². The standard InChI is InChI=1S/C9H18N6O2S/c1-9(2,15-18(3,16)17)5-12-7-4-6(10)13-8(11)14-7/h4,15H,5H2,1-3H3,(H5,10,11,12,13,14). The molecule has 1 aromatic heterocycles. The van der Waals surface area contributed by atoms with Gasteiger partial charge in [0.1, 0.15) is 11.6 Å². The van der Waals surface area contributed by atoms with E-state index in [9.17, 15) is 8.42 Å². The van der Waals surface area contributed by atoms with Crippen molar-refractivity contribution in [2.75, 3.05) is 29.6 Å². The van der Waals surface area contributed by atoms with Crippen LogP contribution in [0.25, 0.3) is 0 Å². The van der Waals surface area contributed by atoms with Crippen molar-refractivity contribution in [2.24, 2.45) is 0 Å². The first-order chi connectivity index (χ1) is 8.07. The van der Waals surface area contributed by atoms with Crippen molar-refractivity contribution in [3.05, 3.63) is 6.07 Å². The summed E-state index contributed by atoms with van der Waals surface area (Å²) >= 11 is 0. The Morgan fingerprint density at radius 3 is 2.44 bits per heavy atom. The summed E-state index contributed by atoms with van der Waals surface area (Å²) in [6, 6.07) is 1.52. The van der Waals surface area contributed by atoms with Crippen molar-refractivity contribution >= 4 is 27.6 Å². The highest BCUT2D eigenvalue weighted by atomic mass is 32.2. The highest BCUT2D eigenvalue weighted by Gasteiger charge is 2.22. The fourth-order valence-corrected chi connectivity index (χ4v) is 2.50. The second-order valence-corrected chi connectivity index (χ2v) is 6.40. The molecule has 0 aliphatic rings. The molecule has 0 saturated heterocycles. The van der Waals surface area contributed by atoms with E-state index in [1.165, 1.54) is 6.07 Å². The molecule has 6 N–H and O–H groups in total. The maximum Gasteiger partial charge on any atom is 0.223 e. The van der Waals surface area contributed by atoms with Crippen molar-refractivity contribution < 1.29 is 8.42 Å². The topological polar surface area (TPSA) is 136 Å². The van der Waals surface area contributed by atoms with Crippen LogP contribution in [0, 0.1) is 0 Å². The van der Waals surface area contributed by atoms with E-state index in [0.717, 1.165) is 6.26 Å². The molecule has 18 heavy (non-hydrogen) atoms. The Morgan fingerprint density at radius 1 is 1.33 bits per heavy atom. The Labute approximate surface area is 106 Å². The average Bonchev–Trinajstić information content (AvgIpc) is 2.09. The van der Waals surface area contributed by atoms with Gasteiger partial charge in [0.15, 0.2) is 0 Å². The Kier molecular flexibility index (Phi) is 3.97. The predicted octanol–water partition coefficient (Wildman–Crippen LogP) is -0.619. The van der Waals surface area contributed by atoms with Crippen LogP contribution in [0.4, 0.5) is 17.6 Å². The summed E-state index contributed by atoms with van der Waals surface area (Å²) in [6.45, 7) is 3.82. The molecule has 0 saturated carbocycles. The zero-order chi connectivity index (χ0) is 14.0. The summed E-state index contributed by atoms with van der Waals surface area (Å²) in [4.78, 5) is 7.66. The van der Waals surface area contributed by atoms with Crippen molar-refractivity contribution in [2.45, 2.75) is 19.4 Å². The third-order valence-corrected chi connectivity index (χ3v) is 2.86. The van der Waals surface area contributed by atoms with Crippen LogP contribution in [0.3, 0.4) is 0 Å². The third kappa shape index (κ3) is 5.15. The summed E-state index contributed by atoms with van der Waals surface area (Å²) in [5.74, 6) is 0.758. The SMILES string of the molecule is CC(C)(CNc1cc(N)nc(N)n1)NS(C)(=O)=O. The predicted molar refractivity (Wildman–Crippen MR) is 71.4 cm³/mol. The van der Waals surface area contributed by atoms with Crippen molar-refractivity contribution in [3.63, 3.8) is 0 Å². The molecule has 0 bridgehead atoms. The van der Waals surface area contributed by atoms with Gasteiger partial charge in [-0.3, -0.25) is 0 Å². The summed E-state index contributed by atoms with van der Waals surface area (Å²) in [7, 11) is -3.27. The third-order valence-electron chi connectivity index (χ3n) is 1.94. The van der Waals surface area contributed by atoms with Crippen LogP contribution in [0.15, 0.2) is 6.07 Å². The zero-order valence-electron chi connectivity index (χ0n) is 10.6. The number of nitrogens with zero attached hydrogens (tertiary/aromatic N) is 2. The summed E-state index contributed by atoms with van der Waals surface area (Å²) in [6.07, 6.45) is 1.11. The Bertz CT molecular complexity index is 508. The molecule has 0 spiro atoms. The van der Waals surface area contributed by atoms with E-state index in [1.54, 1.807) is 13.8 Å². The number of sulfonamides is 1. The summed E-state index contributed by atoms with van der Waals surface area (Å²) in [5, 5.41) is 2.95. The van der Waals surface area contributed by atoms with Crippen LogP contribution in [-0.2, 0) is 10.0 Å². The molecule has 0 radical (unpaired) electrons. The van der Waals surface area contributed by atoms with Crippen LogP contribution in [0.1, 0.15) is 13.8 Å². The Morgan fingerprint density at radius 2 is 1.94 bits per heavy atom. The van der Waals surface area contributed by atoms with E-state index in [1.807, 2.05) is 0 Å². The lowest BCUT2D eigenvalue weighted by molar-refractivity contribution is 0.476. The van der Waals surface area contributed by atoms with Gasteiger partial charge in [-0.1, -0.05) is 0 Å². The lowest BCUT2D eigenvalue weighted by Crippen LogP contribution is -2.47. The van der Waals surface area contributed by atoms with Crippen LogP contribution in [0.2, 0.25) is 0 Å². The van der Waals surface area contributed by atoms with Gasteiger partial charge in [-0.25, -0.2) is 13.1 Å². The van der Waals surface area contributed by atoms with Gasteiger partial charge >= 0.3 is 0 Å². The maximum absolute atomic E-state index is 11.2. The molecule has 0 amide bonds. The largest absolute Gasteiger partial charge is 0.383 e. The molecule has 0 aliphatic carbocycles. The first-order valence-corrected chi connectivity index (χ1v) is 7.09. The summed E-state index contributed by atoms with van der Waals surface area (Å²) < 4.78 is 24.8. The second kappa shape index (κ2) is 4.94. The van der Waals surface area contributed by atoms with Gasteiger partial charge in [0.2, 0.25) is 16.0 Å². The molecule has 0 unspecified atom stereocenters. The van der Waals surface area contributed by atoms with Crippen LogP contribution in [0.5, 0.6) is 0 Å². The first kappa shape index (κ1) is 14.5. The van der Waals surface area contributed by atoms with Gasteiger partial charge in [0.05, 0.1) is 6.26 Å². The molecule has 8 nitrogen and oxygen atoms in total. The van der Waals surface area contributed by atoms with E-state index >= 15 is 0 Å². The van der Waals surface area contributed by atoms with E-state index in [2.05, 4.69) is 20.0 Å². The lowest BCUT2D eigenvalue weighted by atomic mass is 10.1. The molecule has 0 aromatic carbocycles. The number of hydrogen-bond acceptors (Lipinski definition) is 7. The Hall–Kier alpha value is -1.61. The quantitative estimate of drug-likeness (QED) is 0.561. The molecule has 0 fully saturated rings. The van der Waals surface area contributed by atoms with Crippen molar-refractivity contribution in [1.82, 2.24) is 14.7 Å². The van der Waals surface area contributed by atoms with Gasteiger partial charge < -0.3 is 16.8 Å². The van der Waals surface area contributed by atoms with Gasteiger partial charge in [-0.2, -0.15) is 9.97 Å². The highest BCUT2D eigenvalue weighted by Crippen LogP contribution is 2.11. The van der Waals surface area contributed by atoms with Crippen LogP contribution in [-0.4, -0.2) is 36.7 Å². The molecular weight excluding hydrogens is 256 g/mol. The zero-order valence-corrected chi connectivity index (χ0v) is 11.4. The van der Waals surface area contributed by atoms with Gasteiger partial charge in [-0.05, 0) is 13.8 Å². The number of hydrogen-bond donors (Lipinski definition) is 4. The van der Waals surface area contributed by atoms with E-state index in [0.29, 0.717) is 12.4 Å². The molecule has 1 rings (SSSR count). The summed E-state index contributed by atoms with van der Waals surface area (Å²) in [5.41, 5.74) is 10.3. The number of aromatic nitrogens is 2. The van der Waals surface area contributed by atoms with E-state index < -0.39 is 15.6 Å². The maximum atomic E-state index is 11.2. The lowest BCUT2D eigenvalue weighted by Gasteiger charge is -2.25. The van der Waals surface area contributed by atoms with Gasteiger partial charge in [-0.15, -0.1) is 0 Å². The van der Waals surface area contributed by atoms with Crippen molar-refractivity contribution in [1.29, 1.82) is 0 Å². The Balaban J connectivity index is 2.69. The highest BCUT2D eigenvalue weighted by molar-refractivity contribution is 7.88. The molecule has 0 atom stereocenters. The van der Waals surface area contributed by atoms with Gasteiger partial charge in [0.25, 0.3) is 0 Å². The molecule has 1 heterocycles. The number of nitrogens with two attached hydrogens (primary N) is 2. The minimum absolute atomic E-state index is 0.0615. The fraction of sp³-hybridized carbons (Fsp3) is 0.556. The van der Waals surface area contributed by atoms with E-state index in [4.69, 9.17) is 11.5 Å². The fourth-order valence-electron chi connectivity index (χ4n) is 1.43. The van der Waals surface area contributed by atoms with E-state index in [-0.39, 0.29) is 11.8 Å². The number of nitrogens with one attached hydrogen (secondary N) is 2. The average molecular weight is 274 g/mol. The monoisotopic (exact) mass is 274 g/mol. The molecule has 102 valence electrons. The first-order valence-electron chi connectivity index (χ1n) is 5.20. The van der Waals surface area contributed by atoms with Crippen molar-refractivity contribution in [3.8, 4) is 0 Å². The second-order valence-electron chi connectivity index (χ2n) is 4.65. The minimum atomic E-state index is -3.27. The van der Waals surface area contributed by atoms with Crippen LogP contribution < -0.4 is 21.5 Å². The molecule has 1 aromatic rings. The molecule has 9 heteroatoms. The number of anilines is 3.